The molecule has 0 aliphatic rings. The highest BCUT2D eigenvalue weighted by molar-refractivity contribution is 5.79. The highest BCUT2D eigenvalue weighted by atomic mass is 16.6. The topological polar surface area (TPSA) is 73.1 Å². The summed E-state index contributed by atoms with van der Waals surface area (Å²) >= 11 is 0. The summed E-state index contributed by atoms with van der Waals surface area (Å²) in [5, 5.41) is 10.5. The number of nitro groups is 1. The summed E-state index contributed by atoms with van der Waals surface area (Å²) in [5.41, 5.74) is 0.310. The van der Waals surface area contributed by atoms with E-state index in [1.165, 1.54) is 19.2 Å². The van der Waals surface area contributed by atoms with Crippen LogP contribution in [-0.4, -0.2) is 15.7 Å². The third-order valence-corrected chi connectivity index (χ3v) is 1.52. The Balaban J connectivity index is 3.04. The van der Waals surface area contributed by atoms with E-state index in [0.717, 1.165) is 6.20 Å². The Labute approximate surface area is 74.6 Å². The molecule has 0 spiro atoms. The lowest BCUT2D eigenvalue weighted by Crippen LogP contribution is -2.01. The number of rotatable bonds is 3. The highest BCUT2D eigenvalue weighted by Crippen LogP contribution is 2.16. The second kappa shape index (κ2) is 3.75. The Kier molecular flexibility index (Phi) is 2.69. The molecule has 0 aromatic carbocycles. The maximum absolute atomic E-state index is 10.7. The van der Waals surface area contributed by atoms with Gasteiger partial charge in [0.05, 0.1) is 4.92 Å². The molecule has 0 bridgehead atoms. The van der Waals surface area contributed by atoms with Crippen molar-refractivity contribution in [2.75, 3.05) is 0 Å². The van der Waals surface area contributed by atoms with E-state index in [-0.39, 0.29) is 17.9 Å². The van der Waals surface area contributed by atoms with Crippen LogP contribution in [0.3, 0.4) is 0 Å². The molecule has 0 aliphatic carbocycles. The van der Waals surface area contributed by atoms with Crippen molar-refractivity contribution in [3.63, 3.8) is 0 Å². The molecule has 1 rings (SSSR count). The summed E-state index contributed by atoms with van der Waals surface area (Å²) in [5.74, 6) is -0.102. The van der Waals surface area contributed by atoms with E-state index in [1.807, 2.05) is 0 Å². The monoisotopic (exact) mass is 180 g/mol. The Bertz CT molecular complexity index is 349. The van der Waals surface area contributed by atoms with E-state index in [4.69, 9.17) is 0 Å². The van der Waals surface area contributed by atoms with E-state index in [0.29, 0.717) is 5.56 Å². The molecule has 1 aromatic heterocycles. The first-order valence-electron chi connectivity index (χ1n) is 3.68. The van der Waals surface area contributed by atoms with Crippen LogP contribution in [0.1, 0.15) is 12.5 Å². The molecule has 0 amide bonds. The Morgan fingerprint density at radius 1 is 1.69 bits per heavy atom. The minimum atomic E-state index is -0.536. The number of pyridine rings is 1. The molecular formula is C8H8N2O3. The van der Waals surface area contributed by atoms with E-state index in [9.17, 15) is 14.9 Å². The number of Topliss-reactive ketones (excluding diaryl/α,β-unsaturated/α-hetero) is 1. The van der Waals surface area contributed by atoms with Gasteiger partial charge in [0.15, 0.2) is 0 Å². The second-order valence-electron chi connectivity index (χ2n) is 2.64. The van der Waals surface area contributed by atoms with Gasteiger partial charge in [-0.15, -0.1) is 0 Å². The van der Waals surface area contributed by atoms with Crippen molar-refractivity contribution in [3.8, 4) is 0 Å². The van der Waals surface area contributed by atoms with Crippen LogP contribution in [0.15, 0.2) is 18.5 Å². The van der Waals surface area contributed by atoms with Gasteiger partial charge >= 0.3 is 0 Å². The van der Waals surface area contributed by atoms with E-state index in [1.54, 1.807) is 0 Å². The Morgan fingerprint density at radius 3 is 2.92 bits per heavy atom. The van der Waals surface area contributed by atoms with Crippen LogP contribution >= 0.6 is 0 Å². The zero-order valence-electron chi connectivity index (χ0n) is 7.06. The first kappa shape index (κ1) is 9.31. The lowest BCUT2D eigenvalue weighted by molar-refractivity contribution is -0.385. The quantitative estimate of drug-likeness (QED) is 0.516. The summed E-state index contributed by atoms with van der Waals surface area (Å²) in [6, 6.07) is 1.49. The largest absolute Gasteiger partial charge is 0.300 e. The first-order chi connectivity index (χ1) is 6.11. The van der Waals surface area contributed by atoms with Crippen LogP contribution in [0.25, 0.3) is 0 Å². The number of hydrogen-bond acceptors (Lipinski definition) is 4. The van der Waals surface area contributed by atoms with Gasteiger partial charge < -0.3 is 0 Å². The van der Waals surface area contributed by atoms with Crippen molar-refractivity contribution in [2.45, 2.75) is 13.3 Å². The van der Waals surface area contributed by atoms with Gasteiger partial charge in [0.2, 0.25) is 0 Å². The molecule has 0 fully saturated rings. The van der Waals surface area contributed by atoms with Crippen LogP contribution in [-0.2, 0) is 11.2 Å². The molecular weight excluding hydrogens is 172 g/mol. The smallest absolute Gasteiger partial charge is 0.291 e. The molecule has 1 heterocycles. The molecule has 5 heteroatoms. The lowest BCUT2D eigenvalue weighted by atomic mass is 10.1. The van der Waals surface area contributed by atoms with Crippen LogP contribution in [0.2, 0.25) is 0 Å². The molecule has 0 saturated carbocycles. The molecule has 0 unspecified atom stereocenters. The van der Waals surface area contributed by atoms with Crippen LogP contribution < -0.4 is 0 Å². The van der Waals surface area contributed by atoms with Gasteiger partial charge in [-0.1, -0.05) is 0 Å². The summed E-state index contributed by atoms with van der Waals surface area (Å²) in [6.45, 7) is 1.39. The second-order valence-corrected chi connectivity index (χ2v) is 2.64. The fourth-order valence-corrected chi connectivity index (χ4v) is 0.997. The Morgan fingerprint density at radius 2 is 2.38 bits per heavy atom. The van der Waals surface area contributed by atoms with Gasteiger partial charge in [-0.05, 0) is 13.0 Å². The van der Waals surface area contributed by atoms with Crippen LogP contribution in [0, 0.1) is 10.1 Å². The maximum atomic E-state index is 10.7. The number of ketones is 1. The van der Waals surface area contributed by atoms with E-state index >= 15 is 0 Å². The minimum absolute atomic E-state index is 0.0822. The molecule has 0 atom stereocenters. The Hall–Kier alpha value is -1.78. The molecule has 0 saturated heterocycles. The maximum Gasteiger partial charge on any atom is 0.291 e. The summed E-state index contributed by atoms with van der Waals surface area (Å²) in [4.78, 5) is 24.3. The van der Waals surface area contributed by atoms with Gasteiger partial charge in [-0.3, -0.25) is 19.9 Å². The molecule has 68 valence electrons. The van der Waals surface area contributed by atoms with Crippen LogP contribution in [0.5, 0.6) is 0 Å². The van der Waals surface area contributed by atoms with E-state index < -0.39 is 4.92 Å². The minimum Gasteiger partial charge on any atom is -0.300 e. The zero-order valence-corrected chi connectivity index (χ0v) is 7.06. The van der Waals surface area contributed by atoms with Crippen molar-refractivity contribution < 1.29 is 9.72 Å². The van der Waals surface area contributed by atoms with Gasteiger partial charge in [0, 0.05) is 18.2 Å². The van der Waals surface area contributed by atoms with Crippen molar-refractivity contribution in [1.82, 2.24) is 4.98 Å². The van der Waals surface area contributed by atoms with E-state index in [2.05, 4.69) is 4.98 Å². The molecule has 13 heavy (non-hydrogen) atoms. The molecule has 1 aromatic rings. The van der Waals surface area contributed by atoms with Gasteiger partial charge in [-0.2, -0.15) is 0 Å². The summed E-state index contributed by atoms with van der Waals surface area (Å²) in [7, 11) is 0. The predicted octanol–water partition coefficient (Wildman–Crippen LogP) is 1.12. The first-order valence-corrected chi connectivity index (χ1v) is 3.68. The predicted molar refractivity (Wildman–Crippen MR) is 45.3 cm³/mol. The summed E-state index contributed by atoms with van der Waals surface area (Å²) < 4.78 is 0. The third-order valence-electron chi connectivity index (χ3n) is 1.52. The molecule has 0 N–H and O–H groups in total. The number of carbonyl (C=O) groups is 1. The van der Waals surface area contributed by atoms with Gasteiger partial charge in [0.25, 0.3) is 5.69 Å². The van der Waals surface area contributed by atoms with Crippen molar-refractivity contribution >= 4 is 11.5 Å². The number of carbonyl (C=O) groups excluding carboxylic acids is 1. The third kappa shape index (κ3) is 2.33. The number of nitrogens with zero attached hydrogens (tertiary/aromatic N) is 2. The summed E-state index contributed by atoms with van der Waals surface area (Å²) in [6.07, 6.45) is 2.67. The van der Waals surface area contributed by atoms with Gasteiger partial charge in [-0.25, -0.2) is 0 Å². The number of aromatic nitrogens is 1. The highest BCUT2D eigenvalue weighted by Gasteiger charge is 2.13. The molecule has 5 nitrogen and oxygen atoms in total. The van der Waals surface area contributed by atoms with Crippen molar-refractivity contribution in [2.24, 2.45) is 0 Å². The normalized spacial score (nSPS) is 9.62. The van der Waals surface area contributed by atoms with Crippen molar-refractivity contribution in [3.05, 3.63) is 34.1 Å². The molecule has 0 radical (unpaired) electrons. The van der Waals surface area contributed by atoms with Crippen LogP contribution in [0.4, 0.5) is 5.69 Å². The SMILES string of the molecule is CC(=O)Cc1ccncc1[N+](=O)[O-]. The fourth-order valence-electron chi connectivity index (χ4n) is 0.997. The lowest BCUT2D eigenvalue weighted by Gasteiger charge is -1.97. The standard InChI is InChI=1S/C8H8N2O3/c1-6(11)4-7-2-3-9-5-8(7)10(12)13/h2-3,5H,4H2,1H3. The zero-order chi connectivity index (χ0) is 9.84. The molecule has 0 aliphatic heterocycles. The average molecular weight is 180 g/mol. The number of hydrogen-bond donors (Lipinski definition) is 0. The average Bonchev–Trinajstić information content (AvgIpc) is 2.03. The van der Waals surface area contributed by atoms with Gasteiger partial charge in [0.1, 0.15) is 12.0 Å². The fraction of sp³-hybridized carbons (Fsp3) is 0.250. The van der Waals surface area contributed by atoms with Crippen molar-refractivity contribution in [1.29, 1.82) is 0 Å².